The Balaban J connectivity index is 2.67. The minimum Gasteiger partial charge on any atom is -0.481 e. The summed E-state index contributed by atoms with van der Waals surface area (Å²) in [7, 11) is 0. The first-order chi connectivity index (χ1) is 9.40. The topological polar surface area (TPSA) is 92.2 Å². The van der Waals surface area contributed by atoms with Gasteiger partial charge in [0, 0.05) is 16.8 Å². The van der Waals surface area contributed by atoms with Gasteiger partial charge in [-0.3, -0.25) is 9.59 Å². The van der Waals surface area contributed by atoms with E-state index in [9.17, 15) is 14.4 Å². The Hall–Kier alpha value is -2.34. The Labute approximate surface area is 118 Å². The lowest BCUT2D eigenvalue weighted by molar-refractivity contribution is -0.136. The zero-order valence-corrected chi connectivity index (χ0v) is 11.3. The van der Waals surface area contributed by atoms with Crippen LogP contribution >= 0.6 is 11.6 Å². The maximum atomic E-state index is 12.2. The van der Waals surface area contributed by atoms with Crippen LogP contribution in [0, 0.1) is 6.92 Å². The summed E-state index contributed by atoms with van der Waals surface area (Å²) in [6, 6.07) is 4.73. The van der Waals surface area contributed by atoms with E-state index in [0.717, 1.165) is 16.3 Å². The number of carboxylic acid groups (broad SMARTS) is 1. The number of carboxylic acids is 1. The second-order valence-corrected chi connectivity index (χ2v) is 4.67. The first kappa shape index (κ1) is 14.1. The predicted molar refractivity (Wildman–Crippen MR) is 73.7 cm³/mol. The number of carbonyl (C=O) groups is 1. The molecule has 2 aromatic rings. The summed E-state index contributed by atoms with van der Waals surface area (Å²) in [6.45, 7) is 1.79. The van der Waals surface area contributed by atoms with Crippen LogP contribution in [0.3, 0.4) is 0 Å². The molecule has 0 amide bonds. The van der Waals surface area contributed by atoms with E-state index in [1.165, 1.54) is 6.07 Å². The number of rotatable bonds is 3. The Kier molecular flexibility index (Phi) is 3.76. The fourth-order valence-corrected chi connectivity index (χ4v) is 1.93. The number of benzene rings is 1. The van der Waals surface area contributed by atoms with Crippen molar-refractivity contribution in [2.45, 2.75) is 13.3 Å². The van der Waals surface area contributed by atoms with Gasteiger partial charge in [0.1, 0.15) is 0 Å². The van der Waals surface area contributed by atoms with Crippen LogP contribution in [0.2, 0.25) is 5.02 Å². The van der Waals surface area contributed by atoms with Crippen molar-refractivity contribution in [2.24, 2.45) is 0 Å². The number of hydrogen-bond acceptors (Lipinski definition) is 3. The van der Waals surface area contributed by atoms with Crippen molar-refractivity contribution in [1.29, 1.82) is 0 Å². The van der Waals surface area contributed by atoms with Crippen LogP contribution < -0.4 is 11.2 Å². The van der Waals surface area contributed by atoms with Crippen LogP contribution in [-0.2, 0) is 11.2 Å². The first-order valence-electron chi connectivity index (χ1n) is 5.72. The Morgan fingerprint density at radius 1 is 1.40 bits per heavy atom. The summed E-state index contributed by atoms with van der Waals surface area (Å²) in [4.78, 5) is 37.0. The molecule has 0 saturated heterocycles. The molecule has 0 aliphatic carbocycles. The van der Waals surface area contributed by atoms with Crippen molar-refractivity contribution in [3.05, 3.63) is 61.4 Å². The summed E-state index contributed by atoms with van der Waals surface area (Å²) >= 11 is 5.97. The number of halogens is 1. The largest absolute Gasteiger partial charge is 0.481 e. The number of H-pyrrole nitrogens is 1. The highest BCUT2D eigenvalue weighted by Gasteiger charge is 2.12. The molecule has 0 spiro atoms. The number of nitrogens with one attached hydrogen (secondary N) is 1. The molecule has 0 radical (unpaired) electrons. The van der Waals surface area contributed by atoms with Gasteiger partial charge in [0.05, 0.1) is 12.1 Å². The van der Waals surface area contributed by atoms with E-state index in [1.807, 2.05) is 0 Å². The van der Waals surface area contributed by atoms with Gasteiger partial charge in [-0.15, -0.1) is 0 Å². The van der Waals surface area contributed by atoms with Gasteiger partial charge in [0.15, 0.2) is 0 Å². The molecule has 0 atom stereocenters. The van der Waals surface area contributed by atoms with E-state index >= 15 is 0 Å². The molecule has 104 valence electrons. The quantitative estimate of drug-likeness (QED) is 0.887. The molecular formula is C13H11ClN2O4. The molecule has 0 unspecified atom stereocenters. The maximum Gasteiger partial charge on any atom is 0.333 e. The predicted octanol–water partition coefficient (Wildman–Crippen LogP) is 1.11. The molecule has 0 fully saturated rings. The zero-order chi connectivity index (χ0) is 14.9. The Bertz CT molecular complexity index is 792. The normalized spacial score (nSPS) is 10.5. The van der Waals surface area contributed by atoms with Gasteiger partial charge in [0.25, 0.3) is 5.56 Å². The Morgan fingerprint density at radius 3 is 2.70 bits per heavy atom. The van der Waals surface area contributed by atoms with Gasteiger partial charge in [-0.05, 0) is 24.6 Å². The molecule has 0 aliphatic rings. The monoisotopic (exact) mass is 294 g/mol. The van der Waals surface area contributed by atoms with Gasteiger partial charge in [-0.25, -0.2) is 9.36 Å². The zero-order valence-electron chi connectivity index (χ0n) is 10.5. The van der Waals surface area contributed by atoms with Gasteiger partial charge in [-0.2, -0.15) is 0 Å². The summed E-state index contributed by atoms with van der Waals surface area (Å²) in [5.74, 6) is -1.15. The van der Waals surface area contributed by atoms with Crippen molar-refractivity contribution < 1.29 is 9.90 Å². The van der Waals surface area contributed by atoms with Crippen LogP contribution in [0.1, 0.15) is 11.1 Å². The molecule has 20 heavy (non-hydrogen) atoms. The third-order valence-corrected chi connectivity index (χ3v) is 3.21. The van der Waals surface area contributed by atoms with Gasteiger partial charge in [0.2, 0.25) is 0 Å². The average molecular weight is 295 g/mol. The highest BCUT2D eigenvalue weighted by Crippen LogP contribution is 2.17. The average Bonchev–Trinajstić information content (AvgIpc) is 2.37. The molecule has 1 aromatic heterocycles. The summed E-state index contributed by atoms with van der Waals surface area (Å²) < 4.78 is 0.865. The lowest BCUT2D eigenvalue weighted by Gasteiger charge is -2.07. The molecule has 2 N–H and O–H groups in total. The first-order valence-corrected chi connectivity index (χ1v) is 6.10. The second kappa shape index (κ2) is 5.34. The number of aliphatic carboxylic acids is 1. The van der Waals surface area contributed by atoms with Crippen molar-refractivity contribution in [3.63, 3.8) is 0 Å². The van der Waals surface area contributed by atoms with Crippen molar-refractivity contribution in [3.8, 4) is 5.69 Å². The van der Waals surface area contributed by atoms with E-state index in [2.05, 4.69) is 4.98 Å². The number of nitrogens with zero attached hydrogens (tertiary/aromatic N) is 1. The molecule has 2 rings (SSSR count). The Morgan fingerprint density at radius 2 is 2.10 bits per heavy atom. The number of aromatic amines is 1. The second-order valence-electron chi connectivity index (χ2n) is 4.26. The smallest absolute Gasteiger partial charge is 0.333 e. The van der Waals surface area contributed by atoms with E-state index in [0.29, 0.717) is 10.7 Å². The number of aromatic nitrogens is 2. The van der Waals surface area contributed by atoms with Crippen molar-refractivity contribution in [2.75, 3.05) is 0 Å². The van der Waals surface area contributed by atoms with Crippen LogP contribution in [0.15, 0.2) is 34.0 Å². The molecule has 1 aromatic carbocycles. The molecule has 6 nitrogen and oxygen atoms in total. The highest BCUT2D eigenvalue weighted by atomic mass is 35.5. The SMILES string of the molecule is Cc1ccc(-n2c(=O)[nH]cc(CC(=O)O)c2=O)cc1Cl. The van der Waals surface area contributed by atoms with Crippen molar-refractivity contribution >= 4 is 17.6 Å². The van der Waals surface area contributed by atoms with Crippen LogP contribution in [0.4, 0.5) is 0 Å². The third-order valence-electron chi connectivity index (χ3n) is 2.81. The minimum absolute atomic E-state index is 0.00574. The molecule has 7 heteroatoms. The lowest BCUT2D eigenvalue weighted by atomic mass is 10.2. The fraction of sp³-hybridized carbons (Fsp3) is 0.154. The fourth-order valence-electron chi connectivity index (χ4n) is 1.76. The van der Waals surface area contributed by atoms with Crippen molar-refractivity contribution in [1.82, 2.24) is 9.55 Å². The van der Waals surface area contributed by atoms with E-state index in [4.69, 9.17) is 16.7 Å². The maximum absolute atomic E-state index is 12.2. The molecule has 0 aliphatic heterocycles. The van der Waals surface area contributed by atoms with E-state index < -0.39 is 23.6 Å². The molecule has 0 bridgehead atoms. The van der Waals surface area contributed by atoms with E-state index in [-0.39, 0.29) is 5.56 Å². The van der Waals surface area contributed by atoms with E-state index in [1.54, 1.807) is 19.1 Å². The summed E-state index contributed by atoms with van der Waals surface area (Å²) in [5.41, 5.74) is -0.227. The van der Waals surface area contributed by atoms with Gasteiger partial charge < -0.3 is 10.1 Å². The van der Waals surface area contributed by atoms with Gasteiger partial charge in [-0.1, -0.05) is 17.7 Å². The van der Waals surface area contributed by atoms with Crippen LogP contribution in [0.25, 0.3) is 5.69 Å². The third kappa shape index (κ3) is 2.65. The highest BCUT2D eigenvalue weighted by molar-refractivity contribution is 6.31. The lowest BCUT2D eigenvalue weighted by Crippen LogP contribution is -2.36. The van der Waals surface area contributed by atoms with Crippen LogP contribution in [-0.4, -0.2) is 20.6 Å². The van der Waals surface area contributed by atoms with Crippen LogP contribution in [0.5, 0.6) is 0 Å². The van der Waals surface area contributed by atoms with Gasteiger partial charge >= 0.3 is 11.7 Å². The molecule has 1 heterocycles. The summed E-state index contributed by atoms with van der Waals surface area (Å²) in [6.07, 6.45) is 0.653. The number of aryl methyl sites for hydroxylation is 1. The molecular weight excluding hydrogens is 284 g/mol. The summed E-state index contributed by atoms with van der Waals surface area (Å²) in [5, 5.41) is 9.16. The minimum atomic E-state index is -1.15. The number of hydrogen-bond donors (Lipinski definition) is 2. The molecule has 0 saturated carbocycles. The standard InChI is InChI=1S/C13H11ClN2O4/c1-7-2-3-9(5-10(7)14)16-12(19)8(4-11(17)18)6-15-13(16)20/h2-3,5-6H,4H2,1H3,(H,15,20)(H,17,18).